The second kappa shape index (κ2) is 7.13. The lowest BCUT2D eigenvalue weighted by atomic mass is 10.1. The molecule has 126 valence electrons. The van der Waals surface area contributed by atoms with Crippen LogP contribution in [0.2, 0.25) is 0 Å². The van der Waals surface area contributed by atoms with Crippen LogP contribution in [0.25, 0.3) is 11.4 Å². The Bertz CT molecular complexity index is 839. The van der Waals surface area contributed by atoms with Gasteiger partial charge in [-0.2, -0.15) is 0 Å². The Morgan fingerprint density at radius 2 is 2.00 bits per heavy atom. The number of rotatable bonds is 6. The standard InChI is InChI=1S/C18H21N3O2S/c1-12-5-6-13(2)16(11-12)23-9-10-24-18-20-19-17(21(18)4)15-7-8-22-14(15)3/h5-8,11H,9-10H2,1-4H3. The Morgan fingerprint density at radius 1 is 1.17 bits per heavy atom. The minimum absolute atomic E-state index is 0.627. The fourth-order valence-electron chi connectivity index (χ4n) is 2.44. The molecule has 0 aliphatic carbocycles. The maximum absolute atomic E-state index is 5.88. The van der Waals surface area contributed by atoms with Crippen molar-refractivity contribution in [2.75, 3.05) is 12.4 Å². The molecule has 0 saturated heterocycles. The Morgan fingerprint density at radius 3 is 2.75 bits per heavy atom. The molecule has 0 aliphatic heterocycles. The summed E-state index contributed by atoms with van der Waals surface area (Å²) in [5, 5.41) is 9.41. The van der Waals surface area contributed by atoms with Gasteiger partial charge in [-0.05, 0) is 44.0 Å². The number of benzene rings is 1. The van der Waals surface area contributed by atoms with E-state index in [2.05, 4.69) is 42.2 Å². The van der Waals surface area contributed by atoms with E-state index in [4.69, 9.17) is 9.15 Å². The molecule has 3 aromatic rings. The van der Waals surface area contributed by atoms with Gasteiger partial charge >= 0.3 is 0 Å². The maximum Gasteiger partial charge on any atom is 0.191 e. The van der Waals surface area contributed by atoms with Crippen molar-refractivity contribution >= 4 is 11.8 Å². The summed E-state index contributed by atoms with van der Waals surface area (Å²) in [4.78, 5) is 0. The Balaban J connectivity index is 1.59. The molecule has 0 spiro atoms. The molecule has 1 aromatic carbocycles. The molecular weight excluding hydrogens is 322 g/mol. The molecule has 2 heterocycles. The summed E-state index contributed by atoms with van der Waals surface area (Å²) in [6.07, 6.45) is 1.67. The molecule has 24 heavy (non-hydrogen) atoms. The van der Waals surface area contributed by atoms with E-state index < -0.39 is 0 Å². The molecule has 0 radical (unpaired) electrons. The van der Waals surface area contributed by atoms with E-state index in [1.165, 1.54) is 5.56 Å². The van der Waals surface area contributed by atoms with Crippen molar-refractivity contribution in [3.8, 4) is 17.1 Å². The first-order valence-electron chi connectivity index (χ1n) is 7.83. The Hall–Kier alpha value is -2.21. The summed E-state index contributed by atoms with van der Waals surface area (Å²) in [7, 11) is 1.97. The van der Waals surface area contributed by atoms with E-state index >= 15 is 0 Å². The number of hydrogen-bond donors (Lipinski definition) is 0. The summed E-state index contributed by atoms with van der Waals surface area (Å²) in [5.74, 6) is 3.42. The molecule has 0 atom stereocenters. The molecular formula is C18H21N3O2S. The third kappa shape index (κ3) is 3.48. The molecule has 2 aromatic heterocycles. The molecule has 6 heteroatoms. The fraction of sp³-hybridized carbons (Fsp3) is 0.333. The van der Waals surface area contributed by atoms with Gasteiger partial charge in [0.2, 0.25) is 0 Å². The van der Waals surface area contributed by atoms with E-state index in [1.54, 1.807) is 18.0 Å². The third-order valence-electron chi connectivity index (χ3n) is 3.85. The van der Waals surface area contributed by atoms with Crippen LogP contribution in [0, 0.1) is 20.8 Å². The van der Waals surface area contributed by atoms with Crippen LogP contribution in [0.4, 0.5) is 0 Å². The molecule has 0 fully saturated rings. The van der Waals surface area contributed by atoms with Gasteiger partial charge in [-0.25, -0.2) is 0 Å². The van der Waals surface area contributed by atoms with Gasteiger partial charge in [0.1, 0.15) is 11.5 Å². The van der Waals surface area contributed by atoms with Crippen LogP contribution in [0.5, 0.6) is 5.75 Å². The van der Waals surface area contributed by atoms with Gasteiger partial charge in [-0.15, -0.1) is 10.2 Å². The lowest BCUT2D eigenvalue weighted by Gasteiger charge is -2.09. The van der Waals surface area contributed by atoms with Gasteiger partial charge in [0.05, 0.1) is 18.4 Å². The van der Waals surface area contributed by atoms with E-state index in [1.807, 2.05) is 24.6 Å². The van der Waals surface area contributed by atoms with Crippen LogP contribution in [0.15, 0.2) is 40.1 Å². The Labute approximate surface area is 146 Å². The smallest absolute Gasteiger partial charge is 0.191 e. The van der Waals surface area contributed by atoms with Crippen LogP contribution < -0.4 is 4.74 Å². The highest BCUT2D eigenvalue weighted by molar-refractivity contribution is 7.99. The minimum atomic E-state index is 0.627. The fourth-order valence-corrected chi connectivity index (χ4v) is 3.17. The first-order valence-corrected chi connectivity index (χ1v) is 8.81. The molecule has 0 bridgehead atoms. The van der Waals surface area contributed by atoms with Crippen molar-refractivity contribution in [3.63, 3.8) is 0 Å². The summed E-state index contributed by atoms with van der Waals surface area (Å²) < 4.78 is 13.2. The summed E-state index contributed by atoms with van der Waals surface area (Å²) in [6.45, 7) is 6.68. The topological polar surface area (TPSA) is 53.1 Å². The molecule has 5 nitrogen and oxygen atoms in total. The van der Waals surface area contributed by atoms with Crippen molar-refractivity contribution in [1.82, 2.24) is 14.8 Å². The van der Waals surface area contributed by atoms with E-state index in [9.17, 15) is 0 Å². The van der Waals surface area contributed by atoms with E-state index in [0.717, 1.165) is 39.4 Å². The normalized spacial score (nSPS) is 11.0. The highest BCUT2D eigenvalue weighted by Gasteiger charge is 2.14. The SMILES string of the molecule is Cc1ccc(C)c(OCCSc2nnc(-c3ccoc3C)n2C)c1. The molecule has 0 N–H and O–H groups in total. The van der Waals surface area contributed by atoms with Crippen LogP contribution in [0.1, 0.15) is 16.9 Å². The number of aromatic nitrogens is 3. The summed E-state index contributed by atoms with van der Waals surface area (Å²) in [5.41, 5.74) is 3.34. The molecule has 0 saturated carbocycles. The van der Waals surface area contributed by atoms with Crippen molar-refractivity contribution in [2.24, 2.45) is 7.05 Å². The quantitative estimate of drug-likeness (QED) is 0.496. The van der Waals surface area contributed by atoms with Crippen LogP contribution in [-0.2, 0) is 7.05 Å². The van der Waals surface area contributed by atoms with Gasteiger partial charge in [-0.3, -0.25) is 0 Å². The number of thioether (sulfide) groups is 1. The van der Waals surface area contributed by atoms with Crippen molar-refractivity contribution in [1.29, 1.82) is 0 Å². The van der Waals surface area contributed by atoms with E-state index in [-0.39, 0.29) is 0 Å². The Kier molecular flexibility index (Phi) is 4.94. The van der Waals surface area contributed by atoms with Crippen molar-refractivity contribution in [3.05, 3.63) is 47.4 Å². The minimum Gasteiger partial charge on any atom is -0.492 e. The number of aryl methyl sites for hydroxylation is 3. The largest absolute Gasteiger partial charge is 0.492 e. The first kappa shape index (κ1) is 16.6. The van der Waals surface area contributed by atoms with Crippen LogP contribution in [-0.4, -0.2) is 27.1 Å². The first-order chi connectivity index (χ1) is 11.6. The van der Waals surface area contributed by atoms with Gasteiger partial charge in [0.15, 0.2) is 11.0 Å². The second-order valence-electron chi connectivity index (χ2n) is 5.72. The van der Waals surface area contributed by atoms with Crippen molar-refractivity contribution < 1.29 is 9.15 Å². The van der Waals surface area contributed by atoms with Gasteiger partial charge in [0.25, 0.3) is 0 Å². The van der Waals surface area contributed by atoms with Crippen LogP contribution in [0.3, 0.4) is 0 Å². The summed E-state index contributed by atoms with van der Waals surface area (Å²) in [6, 6.07) is 8.16. The van der Waals surface area contributed by atoms with Crippen molar-refractivity contribution in [2.45, 2.75) is 25.9 Å². The maximum atomic E-state index is 5.88. The highest BCUT2D eigenvalue weighted by atomic mass is 32.2. The van der Waals surface area contributed by atoms with E-state index in [0.29, 0.717) is 6.61 Å². The number of ether oxygens (including phenoxy) is 1. The van der Waals surface area contributed by atoms with Crippen LogP contribution >= 0.6 is 11.8 Å². The van der Waals surface area contributed by atoms with Gasteiger partial charge in [0, 0.05) is 12.8 Å². The molecule has 0 aliphatic rings. The third-order valence-corrected chi connectivity index (χ3v) is 4.83. The number of hydrogen-bond acceptors (Lipinski definition) is 5. The average Bonchev–Trinajstić information content (AvgIpc) is 3.13. The predicted molar refractivity (Wildman–Crippen MR) is 95.6 cm³/mol. The highest BCUT2D eigenvalue weighted by Crippen LogP contribution is 2.26. The zero-order valence-electron chi connectivity index (χ0n) is 14.4. The molecule has 0 amide bonds. The zero-order chi connectivity index (χ0) is 17.1. The average molecular weight is 343 g/mol. The number of nitrogens with zero attached hydrogens (tertiary/aromatic N) is 3. The second-order valence-corrected chi connectivity index (χ2v) is 6.78. The number of furan rings is 1. The zero-order valence-corrected chi connectivity index (χ0v) is 15.2. The molecule has 3 rings (SSSR count). The van der Waals surface area contributed by atoms with Gasteiger partial charge < -0.3 is 13.7 Å². The monoisotopic (exact) mass is 343 g/mol. The lowest BCUT2D eigenvalue weighted by molar-refractivity contribution is 0.341. The lowest BCUT2D eigenvalue weighted by Crippen LogP contribution is -2.03. The predicted octanol–water partition coefficient (Wildman–Crippen LogP) is 4.17. The van der Waals surface area contributed by atoms with Gasteiger partial charge in [-0.1, -0.05) is 23.9 Å². The molecule has 0 unspecified atom stereocenters. The summed E-state index contributed by atoms with van der Waals surface area (Å²) >= 11 is 1.63.